The van der Waals surface area contributed by atoms with Gasteiger partial charge in [0.05, 0.1) is 38.5 Å². The molecule has 2 atom stereocenters. The van der Waals surface area contributed by atoms with Gasteiger partial charge in [-0.15, -0.1) is 0 Å². The number of methoxy groups -OCH3 is 3. The Labute approximate surface area is 130 Å². The normalized spacial score (nSPS) is 24.0. The zero-order valence-electron chi connectivity index (χ0n) is 13.7. The largest absolute Gasteiger partial charge is 0.496 e. The molecule has 1 saturated heterocycles. The first-order valence-electron chi connectivity index (χ1n) is 7.19. The molecule has 0 radical (unpaired) electrons. The number of amides is 1. The van der Waals surface area contributed by atoms with Gasteiger partial charge >= 0.3 is 0 Å². The molecule has 1 aromatic carbocycles. The molecule has 6 nitrogen and oxygen atoms in total. The summed E-state index contributed by atoms with van der Waals surface area (Å²) >= 11 is 0. The van der Waals surface area contributed by atoms with Crippen LogP contribution in [-0.4, -0.2) is 45.5 Å². The third-order valence-corrected chi connectivity index (χ3v) is 4.24. The lowest BCUT2D eigenvalue weighted by Gasteiger charge is -2.29. The lowest BCUT2D eigenvalue weighted by atomic mass is 9.94. The second-order valence-corrected chi connectivity index (χ2v) is 5.54. The van der Waals surface area contributed by atoms with E-state index in [4.69, 9.17) is 18.9 Å². The lowest BCUT2D eigenvalue weighted by molar-refractivity contribution is 0.0725. The van der Waals surface area contributed by atoms with Crippen LogP contribution in [0.1, 0.15) is 30.6 Å². The third kappa shape index (κ3) is 2.97. The molecule has 1 heterocycles. The minimum absolute atomic E-state index is 0.0393. The fraction of sp³-hybridized carbons (Fsp3) is 0.562. The second kappa shape index (κ2) is 6.44. The first kappa shape index (κ1) is 16.4. The topological polar surface area (TPSA) is 66.0 Å². The summed E-state index contributed by atoms with van der Waals surface area (Å²) in [6, 6.07) is 3.27. The fourth-order valence-electron chi connectivity index (χ4n) is 2.53. The molecule has 0 aliphatic carbocycles. The van der Waals surface area contributed by atoms with Crippen molar-refractivity contribution in [2.24, 2.45) is 0 Å². The van der Waals surface area contributed by atoms with Crippen LogP contribution >= 0.6 is 0 Å². The molecule has 22 heavy (non-hydrogen) atoms. The first-order chi connectivity index (χ1) is 10.4. The van der Waals surface area contributed by atoms with Crippen LogP contribution < -0.4 is 19.5 Å². The first-order valence-corrected chi connectivity index (χ1v) is 7.19. The van der Waals surface area contributed by atoms with Crippen LogP contribution in [0.2, 0.25) is 0 Å². The fourth-order valence-corrected chi connectivity index (χ4v) is 2.53. The molecule has 1 amide bonds. The number of carbonyl (C=O) groups is 1. The molecule has 0 unspecified atom stereocenters. The summed E-state index contributed by atoms with van der Waals surface area (Å²) in [7, 11) is 4.58. The van der Waals surface area contributed by atoms with E-state index in [0.29, 0.717) is 29.4 Å². The number of hydrogen-bond acceptors (Lipinski definition) is 5. The van der Waals surface area contributed by atoms with Gasteiger partial charge in [0.25, 0.3) is 5.91 Å². The summed E-state index contributed by atoms with van der Waals surface area (Å²) in [5.74, 6) is 1.21. The molecule has 0 bridgehead atoms. The molecule has 0 spiro atoms. The SMILES string of the molecule is COc1cc(OC)c(C(=O)N[C@]2(C)CCO[C@@H]2C)cc1OC. The molecule has 6 heteroatoms. The van der Waals surface area contributed by atoms with Crippen molar-refractivity contribution in [2.75, 3.05) is 27.9 Å². The minimum Gasteiger partial charge on any atom is -0.496 e. The summed E-state index contributed by atoms with van der Waals surface area (Å²) in [5, 5.41) is 3.04. The Bertz CT molecular complexity index is 560. The Hall–Kier alpha value is -1.95. The summed E-state index contributed by atoms with van der Waals surface area (Å²) in [4.78, 5) is 12.7. The van der Waals surface area contributed by atoms with E-state index >= 15 is 0 Å². The second-order valence-electron chi connectivity index (χ2n) is 5.54. The van der Waals surface area contributed by atoms with Crippen molar-refractivity contribution in [3.63, 3.8) is 0 Å². The van der Waals surface area contributed by atoms with E-state index in [1.54, 1.807) is 12.1 Å². The zero-order chi connectivity index (χ0) is 16.3. The average Bonchev–Trinajstić information content (AvgIpc) is 2.84. The van der Waals surface area contributed by atoms with Crippen LogP contribution in [0.5, 0.6) is 17.2 Å². The third-order valence-electron chi connectivity index (χ3n) is 4.24. The summed E-state index contributed by atoms with van der Waals surface area (Å²) < 4.78 is 21.3. The van der Waals surface area contributed by atoms with Crippen molar-refractivity contribution in [1.82, 2.24) is 5.32 Å². The van der Waals surface area contributed by atoms with Gasteiger partial charge in [0.2, 0.25) is 0 Å². The summed E-state index contributed by atoms with van der Waals surface area (Å²) in [5.41, 5.74) is 0.00962. The minimum atomic E-state index is -0.394. The van der Waals surface area contributed by atoms with Gasteiger partial charge in [-0.3, -0.25) is 4.79 Å². The number of carbonyl (C=O) groups excluding carboxylic acids is 1. The highest BCUT2D eigenvalue weighted by molar-refractivity contribution is 5.98. The molecule has 2 rings (SSSR count). The standard InChI is InChI=1S/C16H23NO5/c1-10-16(2,6-7-22-10)17-15(18)11-8-13(20-4)14(21-5)9-12(11)19-3/h8-10H,6-7H2,1-5H3,(H,17,18)/t10-,16-/m1/s1. The van der Waals surface area contributed by atoms with Gasteiger partial charge < -0.3 is 24.3 Å². The maximum atomic E-state index is 12.7. The Kier molecular flexibility index (Phi) is 4.81. The monoisotopic (exact) mass is 309 g/mol. The number of rotatable bonds is 5. The quantitative estimate of drug-likeness (QED) is 0.901. The van der Waals surface area contributed by atoms with Gasteiger partial charge in [0.1, 0.15) is 5.75 Å². The van der Waals surface area contributed by atoms with Gasteiger partial charge in [0, 0.05) is 18.7 Å². The van der Waals surface area contributed by atoms with Crippen molar-refractivity contribution in [2.45, 2.75) is 31.9 Å². The van der Waals surface area contributed by atoms with E-state index in [2.05, 4.69) is 5.32 Å². The van der Waals surface area contributed by atoms with E-state index < -0.39 is 5.54 Å². The van der Waals surface area contributed by atoms with E-state index in [1.165, 1.54) is 21.3 Å². The van der Waals surface area contributed by atoms with E-state index in [0.717, 1.165) is 6.42 Å². The molecule has 0 aromatic heterocycles. The Balaban J connectivity index is 2.32. The van der Waals surface area contributed by atoms with Crippen LogP contribution in [-0.2, 0) is 4.74 Å². The van der Waals surface area contributed by atoms with Crippen LogP contribution in [0, 0.1) is 0 Å². The highest BCUT2D eigenvalue weighted by Crippen LogP contribution is 2.35. The van der Waals surface area contributed by atoms with Gasteiger partial charge in [0.15, 0.2) is 11.5 Å². The maximum absolute atomic E-state index is 12.7. The smallest absolute Gasteiger partial charge is 0.255 e. The van der Waals surface area contributed by atoms with E-state index in [1.807, 2.05) is 13.8 Å². The summed E-state index contributed by atoms with van der Waals surface area (Å²) in [6.45, 7) is 4.58. The van der Waals surface area contributed by atoms with Gasteiger partial charge in [-0.25, -0.2) is 0 Å². The van der Waals surface area contributed by atoms with Crippen molar-refractivity contribution >= 4 is 5.91 Å². The lowest BCUT2D eigenvalue weighted by Crippen LogP contribution is -2.50. The van der Waals surface area contributed by atoms with Gasteiger partial charge in [-0.2, -0.15) is 0 Å². The van der Waals surface area contributed by atoms with Crippen LogP contribution in [0.4, 0.5) is 0 Å². The molecule has 1 N–H and O–H groups in total. The Morgan fingerprint density at radius 3 is 2.27 bits per heavy atom. The van der Waals surface area contributed by atoms with Crippen LogP contribution in [0.25, 0.3) is 0 Å². The molecular formula is C16H23NO5. The van der Waals surface area contributed by atoms with Gasteiger partial charge in [-0.1, -0.05) is 0 Å². The zero-order valence-corrected chi connectivity index (χ0v) is 13.7. The van der Waals surface area contributed by atoms with E-state index in [-0.39, 0.29) is 12.0 Å². The maximum Gasteiger partial charge on any atom is 0.255 e. The molecule has 1 aliphatic rings. The molecule has 1 fully saturated rings. The number of nitrogens with one attached hydrogen (secondary N) is 1. The highest BCUT2D eigenvalue weighted by atomic mass is 16.5. The molecule has 122 valence electrons. The number of ether oxygens (including phenoxy) is 4. The number of hydrogen-bond donors (Lipinski definition) is 1. The van der Waals surface area contributed by atoms with E-state index in [9.17, 15) is 4.79 Å². The van der Waals surface area contributed by atoms with Crippen LogP contribution in [0.3, 0.4) is 0 Å². The van der Waals surface area contributed by atoms with Crippen LogP contribution in [0.15, 0.2) is 12.1 Å². The Morgan fingerprint density at radius 1 is 1.18 bits per heavy atom. The van der Waals surface area contributed by atoms with Gasteiger partial charge in [-0.05, 0) is 20.3 Å². The van der Waals surface area contributed by atoms with Crippen molar-refractivity contribution < 1.29 is 23.7 Å². The average molecular weight is 309 g/mol. The highest BCUT2D eigenvalue weighted by Gasteiger charge is 2.39. The Morgan fingerprint density at radius 2 is 1.77 bits per heavy atom. The molecule has 1 aliphatic heterocycles. The van der Waals surface area contributed by atoms with Crippen molar-refractivity contribution in [3.05, 3.63) is 17.7 Å². The number of benzene rings is 1. The van der Waals surface area contributed by atoms with Crippen molar-refractivity contribution in [1.29, 1.82) is 0 Å². The molecule has 1 aromatic rings. The molecule has 0 saturated carbocycles. The summed E-state index contributed by atoms with van der Waals surface area (Å²) in [6.07, 6.45) is 0.734. The molecular weight excluding hydrogens is 286 g/mol. The predicted octanol–water partition coefficient (Wildman–Crippen LogP) is 2.01. The predicted molar refractivity (Wildman–Crippen MR) is 82.0 cm³/mol. The van der Waals surface area contributed by atoms with Crippen molar-refractivity contribution in [3.8, 4) is 17.2 Å².